The van der Waals surface area contributed by atoms with Crippen LogP contribution in [0.4, 0.5) is 0 Å². The van der Waals surface area contributed by atoms with Gasteiger partial charge in [0.15, 0.2) is 0 Å². The third-order valence-corrected chi connectivity index (χ3v) is 1.67. The molecular weight excluding hydrogens is 116 g/mol. The van der Waals surface area contributed by atoms with Crippen LogP contribution in [0.25, 0.3) is 0 Å². The summed E-state index contributed by atoms with van der Waals surface area (Å²) in [6, 6.07) is 0. The van der Waals surface area contributed by atoms with Gasteiger partial charge in [-0.3, -0.25) is 0 Å². The van der Waals surface area contributed by atoms with Crippen LogP contribution in [0.15, 0.2) is 11.5 Å². The zero-order chi connectivity index (χ0) is 6.62. The van der Waals surface area contributed by atoms with Gasteiger partial charge in [0.1, 0.15) is 0 Å². The minimum Gasteiger partial charge on any atom is -0.129 e. The van der Waals surface area contributed by atoms with E-state index in [1.165, 1.54) is 0 Å². The van der Waals surface area contributed by atoms with E-state index in [1.54, 1.807) is 0 Å². The highest BCUT2D eigenvalue weighted by atomic mass is 32.2. The van der Waals surface area contributed by atoms with Crippen LogP contribution in [0.3, 0.4) is 0 Å². The highest BCUT2D eigenvalue weighted by Crippen LogP contribution is 2.23. The lowest BCUT2D eigenvalue weighted by Gasteiger charge is -2.13. The Kier molecular flexibility index (Phi) is 3.22. The first-order valence-corrected chi connectivity index (χ1v) is 3.73. The largest absolute Gasteiger partial charge is 0.129 e. The first kappa shape index (κ1) is 8.09. The molecule has 48 valence electrons. The van der Waals surface area contributed by atoms with Gasteiger partial charge in [-0.15, -0.1) is 11.8 Å². The quantitative estimate of drug-likeness (QED) is 0.525. The van der Waals surface area contributed by atoms with Crippen LogP contribution in [-0.2, 0) is 0 Å². The zero-order valence-corrected chi connectivity index (χ0v) is 6.88. The molecule has 0 saturated heterocycles. The molecule has 0 fully saturated rings. The molecule has 0 bridgehead atoms. The average Bonchev–Trinajstić information content (AvgIpc) is 1.59. The minimum absolute atomic E-state index is 0.381. The summed E-state index contributed by atoms with van der Waals surface area (Å²) in [6.45, 7) is 8.66. The van der Waals surface area contributed by atoms with Crippen LogP contribution in [0, 0.1) is 0 Å². The molecule has 0 aromatic heterocycles. The zero-order valence-electron chi connectivity index (χ0n) is 6.06. The Morgan fingerprint density at radius 1 is 1.25 bits per heavy atom. The maximum atomic E-state index is 2.21. The van der Waals surface area contributed by atoms with E-state index >= 15 is 0 Å². The molecule has 0 aromatic carbocycles. The van der Waals surface area contributed by atoms with Gasteiger partial charge in [0.25, 0.3) is 0 Å². The second-order valence-corrected chi connectivity index (χ2v) is 4.43. The van der Waals surface area contributed by atoms with Crippen molar-refractivity contribution < 1.29 is 0 Å². The predicted molar refractivity (Wildman–Crippen MR) is 42.2 cm³/mol. The normalized spacial score (nSPS) is 13.0. The van der Waals surface area contributed by atoms with Gasteiger partial charge in [-0.1, -0.05) is 26.8 Å². The van der Waals surface area contributed by atoms with Crippen molar-refractivity contribution in [2.24, 2.45) is 0 Å². The molecule has 0 unspecified atom stereocenters. The maximum absolute atomic E-state index is 2.21. The molecule has 0 amide bonds. The Bertz CT molecular complexity index is 76.9. The van der Waals surface area contributed by atoms with Crippen LogP contribution in [0.5, 0.6) is 0 Å². The molecule has 0 rings (SSSR count). The number of hydrogen-bond acceptors (Lipinski definition) is 1. The van der Waals surface area contributed by atoms with E-state index in [4.69, 9.17) is 0 Å². The van der Waals surface area contributed by atoms with Gasteiger partial charge in [0, 0.05) is 4.75 Å². The van der Waals surface area contributed by atoms with Crippen LogP contribution < -0.4 is 0 Å². The molecule has 0 aliphatic heterocycles. The van der Waals surface area contributed by atoms with Gasteiger partial charge in [-0.25, -0.2) is 0 Å². The van der Waals surface area contributed by atoms with E-state index in [0.717, 1.165) is 0 Å². The lowest BCUT2D eigenvalue weighted by atomic mass is 10.3. The van der Waals surface area contributed by atoms with Crippen molar-refractivity contribution in [3.63, 3.8) is 0 Å². The van der Waals surface area contributed by atoms with Gasteiger partial charge in [0.2, 0.25) is 0 Å². The predicted octanol–water partition coefficient (Wildman–Crippen LogP) is 3.05. The first-order valence-electron chi connectivity index (χ1n) is 2.85. The fourth-order valence-electron chi connectivity index (χ4n) is 0.272. The van der Waals surface area contributed by atoms with E-state index in [2.05, 4.69) is 32.3 Å². The Balaban J connectivity index is 3.39. The van der Waals surface area contributed by atoms with Crippen molar-refractivity contribution in [2.75, 3.05) is 0 Å². The van der Waals surface area contributed by atoms with E-state index < -0.39 is 0 Å². The molecule has 0 aliphatic carbocycles. The summed E-state index contributed by atoms with van der Waals surface area (Å²) in [7, 11) is 0. The van der Waals surface area contributed by atoms with E-state index in [-0.39, 0.29) is 0 Å². The molecule has 0 aliphatic rings. The molecule has 0 heterocycles. The van der Waals surface area contributed by atoms with Crippen molar-refractivity contribution >= 4 is 11.8 Å². The van der Waals surface area contributed by atoms with Crippen LogP contribution in [0.1, 0.15) is 27.7 Å². The topological polar surface area (TPSA) is 0 Å². The van der Waals surface area contributed by atoms with Crippen molar-refractivity contribution in [2.45, 2.75) is 32.4 Å². The van der Waals surface area contributed by atoms with Crippen LogP contribution in [-0.4, -0.2) is 4.75 Å². The summed E-state index contributed by atoms with van der Waals surface area (Å²) >= 11 is 1.85. The third-order valence-electron chi connectivity index (χ3n) is 0.558. The SMILES string of the molecule is C/C=C/SC(C)(C)C. The van der Waals surface area contributed by atoms with Gasteiger partial charge in [0.05, 0.1) is 0 Å². The lowest BCUT2D eigenvalue weighted by molar-refractivity contribution is 0.807. The molecule has 0 saturated carbocycles. The van der Waals surface area contributed by atoms with Gasteiger partial charge in [-0.2, -0.15) is 0 Å². The Labute approximate surface area is 56.4 Å². The number of hydrogen-bond donors (Lipinski definition) is 0. The third kappa shape index (κ3) is 6.09. The number of thioether (sulfide) groups is 1. The summed E-state index contributed by atoms with van der Waals surface area (Å²) in [6.07, 6.45) is 2.07. The number of rotatable bonds is 1. The fraction of sp³-hybridized carbons (Fsp3) is 0.714. The summed E-state index contributed by atoms with van der Waals surface area (Å²) < 4.78 is 0.381. The molecule has 8 heavy (non-hydrogen) atoms. The van der Waals surface area contributed by atoms with E-state index in [9.17, 15) is 0 Å². The first-order chi connectivity index (χ1) is 3.56. The second kappa shape index (κ2) is 3.18. The summed E-state index contributed by atoms with van der Waals surface area (Å²) in [5, 5.41) is 2.12. The van der Waals surface area contributed by atoms with E-state index in [0.29, 0.717) is 4.75 Å². The summed E-state index contributed by atoms with van der Waals surface area (Å²) in [5.41, 5.74) is 0. The molecule has 1 heteroatoms. The number of allylic oxidation sites excluding steroid dienone is 1. The monoisotopic (exact) mass is 130 g/mol. The molecule has 0 atom stereocenters. The van der Waals surface area contributed by atoms with Gasteiger partial charge < -0.3 is 0 Å². The smallest absolute Gasteiger partial charge is 0.0116 e. The Hall–Kier alpha value is 0.0900. The van der Waals surface area contributed by atoms with Crippen LogP contribution in [0.2, 0.25) is 0 Å². The standard InChI is InChI=1S/C7H14S/c1-5-6-8-7(2,3)4/h5-6H,1-4H3/b6-5+. The second-order valence-electron chi connectivity index (χ2n) is 2.70. The molecule has 0 radical (unpaired) electrons. The highest BCUT2D eigenvalue weighted by Gasteiger charge is 2.06. The molecule has 0 aromatic rings. The minimum atomic E-state index is 0.381. The average molecular weight is 130 g/mol. The molecular formula is C7H14S. The Morgan fingerprint density at radius 2 is 1.75 bits per heavy atom. The summed E-state index contributed by atoms with van der Waals surface area (Å²) in [5.74, 6) is 0. The fourth-order valence-corrected chi connectivity index (χ4v) is 0.816. The van der Waals surface area contributed by atoms with Gasteiger partial charge >= 0.3 is 0 Å². The Morgan fingerprint density at radius 3 is 1.88 bits per heavy atom. The highest BCUT2D eigenvalue weighted by molar-refractivity contribution is 8.03. The maximum Gasteiger partial charge on any atom is 0.0116 e. The summed E-state index contributed by atoms with van der Waals surface area (Å²) in [4.78, 5) is 0. The van der Waals surface area contributed by atoms with Gasteiger partial charge in [-0.05, 0) is 12.3 Å². The van der Waals surface area contributed by atoms with Crippen molar-refractivity contribution in [3.8, 4) is 0 Å². The van der Waals surface area contributed by atoms with Crippen LogP contribution >= 0.6 is 11.8 Å². The molecule has 0 nitrogen and oxygen atoms in total. The molecule has 0 spiro atoms. The van der Waals surface area contributed by atoms with Crippen molar-refractivity contribution in [1.29, 1.82) is 0 Å². The van der Waals surface area contributed by atoms with E-state index in [1.807, 2.05) is 18.7 Å². The lowest BCUT2D eigenvalue weighted by Crippen LogP contribution is -2.04. The van der Waals surface area contributed by atoms with Crippen molar-refractivity contribution in [1.82, 2.24) is 0 Å². The van der Waals surface area contributed by atoms with Crippen molar-refractivity contribution in [3.05, 3.63) is 11.5 Å². The molecule has 0 N–H and O–H groups in total.